The number of rotatable bonds is 6. The van der Waals surface area contributed by atoms with Crippen LogP contribution in [0.4, 0.5) is 10.2 Å². The molecule has 3 heterocycles. The number of hydrogen-bond donors (Lipinski definition) is 3. The molecule has 9 heteroatoms. The minimum atomic E-state index is -0.319. The Bertz CT molecular complexity index is 1100. The van der Waals surface area contributed by atoms with E-state index >= 15 is 0 Å². The van der Waals surface area contributed by atoms with Crippen molar-refractivity contribution in [3.05, 3.63) is 66.3 Å². The molecule has 1 fully saturated rings. The number of amides is 2. The molecule has 0 saturated carbocycles. The number of anilines is 1. The molecule has 2 aromatic heterocycles. The summed E-state index contributed by atoms with van der Waals surface area (Å²) in [7, 11) is 0. The van der Waals surface area contributed by atoms with Gasteiger partial charge in [0.25, 0.3) is 5.91 Å². The summed E-state index contributed by atoms with van der Waals surface area (Å²) in [4.78, 5) is 38.0. The highest BCUT2D eigenvalue weighted by molar-refractivity contribution is 6.04. The average molecular weight is 422 g/mol. The molecule has 1 aliphatic rings. The van der Waals surface area contributed by atoms with Gasteiger partial charge in [-0.25, -0.2) is 14.4 Å². The molecule has 0 atom stereocenters. The number of fused-ring (bicyclic) bond motifs is 1. The molecule has 0 spiro atoms. The minimum absolute atomic E-state index is 0.0525. The molecule has 1 saturated heterocycles. The Hall–Kier alpha value is -3.75. The first-order valence-corrected chi connectivity index (χ1v) is 10.1. The molecule has 0 aliphatic carbocycles. The zero-order chi connectivity index (χ0) is 21.8. The minimum Gasteiger partial charge on any atom is -0.366 e. The predicted octanol–water partition coefficient (Wildman–Crippen LogP) is 2.62. The quantitative estimate of drug-likeness (QED) is 0.530. The second-order valence-electron chi connectivity index (χ2n) is 7.41. The van der Waals surface area contributed by atoms with Crippen molar-refractivity contribution in [1.82, 2.24) is 25.2 Å². The van der Waals surface area contributed by atoms with E-state index in [4.69, 9.17) is 0 Å². The molecule has 0 radical (unpaired) electrons. The Labute approximate surface area is 178 Å². The van der Waals surface area contributed by atoms with Crippen LogP contribution in [-0.4, -0.2) is 50.8 Å². The van der Waals surface area contributed by atoms with Gasteiger partial charge in [-0.1, -0.05) is 18.7 Å². The summed E-state index contributed by atoms with van der Waals surface area (Å²) in [5, 5.41) is 6.17. The predicted molar refractivity (Wildman–Crippen MR) is 115 cm³/mol. The van der Waals surface area contributed by atoms with E-state index in [9.17, 15) is 14.0 Å². The van der Waals surface area contributed by atoms with Crippen LogP contribution in [0, 0.1) is 5.82 Å². The van der Waals surface area contributed by atoms with Gasteiger partial charge in [-0.05, 0) is 36.6 Å². The number of piperidine rings is 1. The molecule has 3 N–H and O–H groups in total. The number of likely N-dealkylation sites (tertiary alicyclic amines) is 1. The fourth-order valence-corrected chi connectivity index (χ4v) is 3.60. The smallest absolute Gasteiger partial charge is 0.255 e. The molecule has 1 aliphatic heterocycles. The molecular weight excluding hydrogens is 399 g/mol. The number of hydrogen-bond acceptors (Lipinski definition) is 5. The van der Waals surface area contributed by atoms with Gasteiger partial charge in [0.15, 0.2) is 5.65 Å². The summed E-state index contributed by atoms with van der Waals surface area (Å²) < 4.78 is 13.0. The maximum Gasteiger partial charge on any atom is 0.255 e. The van der Waals surface area contributed by atoms with Crippen LogP contribution >= 0.6 is 0 Å². The number of aromatic amines is 1. The first kappa shape index (κ1) is 20.5. The lowest BCUT2D eigenvalue weighted by Crippen LogP contribution is -2.41. The van der Waals surface area contributed by atoms with Crippen molar-refractivity contribution in [2.24, 2.45) is 0 Å². The molecule has 0 bridgehead atoms. The first-order chi connectivity index (χ1) is 15.0. The lowest BCUT2D eigenvalue weighted by atomic mass is 10.1. The normalized spacial score (nSPS) is 14.4. The molecule has 1 aromatic carbocycles. The van der Waals surface area contributed by atoms with Gasteiger partial charge in [-0.15, -0.1) is 0 Å². The third-order valence-corrected chi connectivity index (χ3v) is 5.33. The van der Waals surface area contributed by atoms with E-state index in [1.54, 1.807) is 29.4 Å². The van der Waals surface area contributed by atoms with Crippen molar-refractivity contribution < 1.29 is 14.0 Å². The van der Waals surface area contributed by atoms with Gasteiger partial charge in [0.2, 0.25) is 5.91 Å². The summed E-state index contributed by atoms with van der Waals surface area (Å²) in [5.74, 6) is -0.0882. The summed E-state index contributed by atoms with van der Waals surface area (Å²) >= 11 is 0. The molecule has 4 rings (SSSR count). The highest BCUT2D eigenvalue weighted by atomic mass is 19.1. The molecule has 160 valence electrons. The average Bonchev–Trinajstić information content (AvgIpc) is 3.22. The largest absolute Gasteiger partial charge is 0.366 e. The monoisotopic (exact) mass is 422 g/mol. The van der Waals surface area contributed by atoms with Gasteiger partial charge >= 0.3 is 0 Å². The summed E-state index contributed by atoms with van der Waals surface area (Å²) in [5.41, 5.74) is 2.17. The van der Waals surface area contributed by atoms with Crippen molar-refractivity contribution in [2.75, 3.05) is 18.4 Å². The molecule has 3 aromatic rings. The van der Waals surface area contributed by atoms with Gasteiger partial charge in [-0.3, -0.25) is 9.59 Å². The van der Waals surface area contributed by atoms with E-state index in [0.29, 0.717) is 35.6 Å². The summed E-state index contributed by atoms with van der Waals surface area (Å²) in [6.45, 7) is 5.11. The topological polar surface area (TPSA) is 103 Å². The van der Waals surface area contributed by atoms with Gasteiger partial charge < -0.3 is 20.5 Å². The molecule has 8 nitrogen and oxygen atoms in total. The number of carbonyl (C=O) groups excluding carboxylic acids is 2. The second kappa shape index (κ2) is 8.95. The zero-order valence-electron chi connectivity index (χ0n) is 16.9. The zero-order valence-corrected chi connectivity index (χ0v) is 16.9. The van der Waals surface area contributed by atoms with Crippen molar-refractivity contribution in [3.8, 4) is 0 Å². The Morgan fingerprint density at radius 3 is 2.71 bits per heavy atom. The van der Waals surface area contributed by atoms with Crippen LogP contribution in [0.3, 0.4) is 0 Å². The van der Waals surface area contributed by atoms with E-state index in [-0.39, 0.29) is 30.2 Å². The number of nitrogens with zero attached hydrogens (tertiary/aromatic N) is 3. The van der Waals surface area contributed by atoms with Crippen LogP contribution in [-0.2, 0) is 11.3 Å². The first-order valence-electron chi connectivity index (χ1n) is 10.1. The third-order valence-electron chi connectivity index (χ3n) is 5.33. The summed E-state index contributed by atoms with van der Waals surface area (Å²) in [6.07, 6.45) is 6.12. The van der Waals surface area contributed by atoms with Crippen molar-refractivity contribution in [1.29, 1.82) is 0 Å². The van der Waals surface area contributed by atoms with Crippen LogP contribution < -0.4 is 10.6 Å². The Morgan fingerprint density at radius 2 is 2.00 bits per heavy atom. The van der Waals surface area contributed by atoms with E-state index in [2.05, 4.69) is 32.2 Å². The third kappa shape index (κ3) is 4.71. The van der Waals surface area contributed by atoms with Gasteiger partial charge in [0.1, 0.15) is 17.2 Å². The molecule has 2 amide bonds. The van der Waals surface area contributed by atoms with E-state index in [1.807, 2.05) is 0 Å². The maximum atomic E-state index is 13.0. The van der Waals surface area contributed by atoms with Gasteiger partial charge in [0, 0.05) is 31.9 Å². The second-order valence-corrected chi connectivity index (χ2v) is 7.41. The highest BCUT2D eigenvalue weighted by Gasteiger charge is 2.22. The lowest BCUT2D eigenvalue weighted by molar-refractivity contribution is -0.126. The van der Waals surface area contributed by atoms with E-state index in [1.165, 1.54) is 18.2 Å². The maximum absolute atomic E-state index is 13.0. The number of benzene rings is 1. The van der Waals surface area contributed by atoms with Crippen molar-refractivity contribution in [3.63, 3.8) is 0 Å². The van der Waals surface area contributed by atoms with E-state index < -0.39 is 0 Å². The SMILES string of the molecule is C=CC(=O)N1CCC(Nc2cnc3[nH]cc(C(=O)NCc4ccc(F)cc4)c3n2)CC1. The number of carbonyl (C=O) groups is 2. The number of nitrogens with one attached hydrogen (secondary N) is 3. The Balaban J connectivity index is 1.41. The van der Waals surface area contributed by atoms with E-state index in [0.717, 1.165) is 18.4 Å². The fourth-order valence-electron chi connectivity index (χ4n) is 3.60. The number of halogens is 1. The van der Waals surface area contributed by atoms with Crippen molar-refractivity contribution >= 4 is 28.8 Å². The van der Waals surface area contributed by atoms with Crippen LogP contribution in [0.1, 0.15) is 28.8 Å². The van der Waals surface area contributed by atoms with Crippen LogP contribution in [0.25, 0.3) is 11.2 Å². The fraction of sp³-hybridized carbons (Fsp3) is 0.273. The lowest BCUT2D eigenvalue weighted by Gasteiger charge is -2.31. The Morgan fingerprint density at radius 1 is 1.26 bits per heavy atom. The summed E-state index contributed by atoms with van der Waals surface area (Å²) in [6, 6.07) is 6.12. The molecular formula is C22H23FN6O2. The number of H-pyrrole nitrogens is 1. The van der Waals surface area contributed by atoms with Crippen LogP contribution in [0.15, 0.2) is 49.3 Å². The van der Waals surface area contributed by atoms with Gasteiger partial charge in [0.05, 0.1) is 11.8 Å². The molecule has 0 unspecified atom stereocenters. The van der Waals surface area contributed by atoms with Gasteiger partial charge in [-0.2, -0.15) is 0 Å². The van der Waals surface area contributed by atoms with Crippen molar-refractivity contribution in [2.45, 2.75) is 25.4 Å². The molecule has 31 heavy (non-hydrogen) atoms. The Kier molecular flexibility index (Phi) is 5.92. The number of aromatic nitrogens is 3. The standard InChI is InChI=1S/C22H23FN6O2/c1-2-19(30)29-9-7-16(8-10-29)27-18-13-25-21-20(28-18)17(12-24-21)22(31)26-11-14-3-5-15(23)6-4-14/h2-6,12-13,16H,1,7-11H2,(H,24,25)(H,26,31)(H,27,28). The van der Waals surface area contributed by atoms with Crippen LogP contribution in [0.2, 0.25) is 0 Å². The van der Waals surface area contributed by atoms with Crippen LogP contribution in [0.5, 0.6) is 0 Å². The highest BCUT2D eigenvalue weighted by Crippen LogP contribution is 2.19.